The van der Waals surface area contributed by atoms with Crippen LogP contribution in [0.15, 0.2) is 12.4 Å². The molecule has 1 aromatic heterocycles. The van der Waals surface area contributed by atoms with E-state index in [1.807, 2.05) is 6.07 Å². The maximum Gasteiger partial charge on any atom is 0.325 e. The number of carboxylic acids is 1. The number of nitrogens with zero attached hydrogens (tertiary/aromatic N) is 4. The third-order valence-electron chi connectivity index (χ3n) is 2.89. The van der Waals surface area contributed by atoms with E-state index in [2.05, 4.69) is 10.4 Å². The highest BCUT2D eigenvalue weighted by Gasteiger charge is 2.32. The van der Waals surface area contributed by atoms with E-state index in [1.54, 1.807) is 4.90 Å². The number of anilines is 1. The van der Waals surface area contributed by atoms with Gasteiger partial charge in [0.2, 0.25) is 0 Å². The van der Waals surface area contributed by atoms with Crippen LogP contribution < -0.4 is 5.32 Å². The first-order valence-corrected chi connectivity index (χ1v) is 6.29. The minimum absolute atomic E-state index is 0.206. The summed E-state index contributed by atoms with van der Waals surface area (Å²) >= 11 is 0. The van der Waals surface area contributed by atoms with Crippen molar-refractivity contribution in [3.8, 4) is 6.07 Å². The summed E-state index contributed by atoms with van der Waals surface area (Å²) in [6.07, 6.45) is 5.06. The lowest BCUT2D eigenvalue weighted by atomic mass is 10.4. The van der Waals surface area contributed by atoms with Crippen LogP contribution in [-0.4, -0.2) is 44.4 Å². The van der Waals surface area contributed by atoms with Crippen LogP contribution in [0, 0.1) is 11.3 Å². The number of carbonyl (C=O) groups excluding carboxylic acids is 1. The molecule has 2 rings (SSSR count). The van der Waals surface area contributed by atoms with Crippen LogP contribution in [0.5, 0.6) is 0 Å². The topological polar surface area (TPSA) is 111 Å². The van der Waals surface area contributed by atoms with Gasteiger partial charge in [-0.1, -0.05) is 0 Å². The van der Waals surface area contributed by atoms with Gasteiger partial charge in [0, 0.05) is 18.8 Å². The fourth-order valence-corrected chi connectivity index (χ4v) is 1.86. The second-order valence-electron chi connectivity index (χ2n) is 4.58. The molecule has 1 aliphatic rings. The quantitative estimate of drug-likeness (QED) is 0.801. The van der Waals surface area contributed by atoms with Crippen LogP contribution in [0.4, 0.5) is 10.5 Å². The van der Waals surface area contributed by atoms with Gasteiger partial charge in [0.1, 0.15) is 6.54 Å². The molecule has 0 atom stereocenters. The van der Waals surface area contributed by atoms with Crippen molar-refractivity contribution in [3.63, 3.8) is 0 Å². The van der Waals surface area contributed by atoms with E-state index < -0.39 is 5.97 Å². The number of nitriles is 1. The smallest absolute Gasteiger partial charge is 0.325 e. The largest absolute Gasteiger partial charge is 0.480 e. The molecule has 0 saturated heterocycles. The highest BCUT2D eigenvalue weighted by atomic mass is 16.4. The summed E-state index contributed by atoms with van der Waals surface area (Å²) in [6.45, 7) is 0.146. The third-order valence-corrected chi connectivity index (χ3v) is 2.89. The summed E-state index contributed by atoms with van der Waals surface area (Å²) < 4.78 is 1.23. The van der Waals surface area contributed by atoms with Gasteiger partial charge < -0.3 is 15.3 Å². The van der Waals surface area contributed by atoms with Crippen molar-refractivity contribution >= 4 is 17.7 Å². The number of rotatable bonds is 6. The summed E-state index contributed by atoms with van der Waals surface area (Å²) in [4.78, 5) is 24.3. The van der Waals surface area contributed by atoms with E-state index in [0.29, 0.717) is 18.7 Å². The summed E-state index contributed by atoms with van der Waals surface area (Å²) in [5, 5.41) is 23.7. The van der Waals surface area contributed by atoms with Crippen molar-refractivity contribution in [1.82, 2.24) is 14.7 Å². The van der Waals surface area contributed by atoms with Crippen molar-refractivity contribution in [2.75, 3.05) is 11.9 Å². The van der Waals surface area contributed by atoms with E-state index in [9.17, 15) is 9.59 Å². The Bertz CT molecular complexity index is 544. The minimum Gasteiger partial charge on any atom is -0.480 e. The number of aromatic nitrogens is 2. The number of carbonyl (C=O) groups is 2. The molecular weight excluding hydrogens is 262 g/mol. The van der Waals surface area contributed by atoms with Crippen LogP contribution in [0.3, 0.4) is 0 Å². The number of carboxylic acid groups (broad SMARTS) is 1. The molecule has 2 N–H and O–H groups in total. The van der Waals surface area contributed by atoms with Gasteiger partial charge in [-0.05, 0) is 12.8 Å². The lowest BCUT2D eigenvalue weighted by molar-refractivity contribution is -0.137. The average molecular weight is 277 g/mol. The molecular formula is C12H15N5O3. The van der Waals surface area contributed by atoms with E-state index >= 15 is 0 Å². The van der Waals surface area contributed by atoms with E-state index in [4.69, 9.17) is 10.4 Å². The van der Waals surface area contributed by atoms with Gasteiger partial charge in [-0.2, -0.15) is 10.4 Å². The lowest BCUT2D eigenvalue weighted by Crippen LogP contribution is -2.37. The van der Waals surface area contributed by atoms with Gasteiger partial charge in [0.15, 0.2) is 0 Å². The predicted octanol–water partition coefficient (Wildman–Crippen LogP) is 0.878. The SMILES string of the molecule is N#CCCN(C(=O)Nc1cnn(CC(=O)O)c1)C1CC1. The number of aliphatic carboxylic acids is 1. The normalized spacial score (nSPS) is 13.6. The molecule has 0 unspecified atom stereocenters. The Morgan fingerprint density at radius 2 is 2.35 bits per heavy atom. The zero-order valence-electron chi connectivity index (χ0n) is 10.8. The zero-order chi connectivity index (χ0) is 14.5. The second-order valence-corrected chi connectivity index (χ2v) is 4.58. The fourth-order valence-electron chi connectivity index (χ4n) is 1.86. The van der Waals surface area contributed by atoms with Gasteiger partial charge in [-0.15, -0.1) is 0 Å². The first-order valence-electron chi connectivity index (χ1n) is 6.29. The monoisotopic (exact) mass is 277 g/mol. The lowest BCUT2D eigenvalue weighted by Gasteiger charge is -2.21. The Hall–Kier alpha value is -2.56. The van der Waals surface area contributed by atoms with E-state index in [-0.39, 0.29) is 18.6 Å². The van der Waals surface area contributed by atoms with Crippen molar-refractivity contribution in [3.05, 3.63) is 12.4 Å². The number of nitrogens with one attached hydrogen (secondary N) is 1. The molecule has 1 aliphatic carbocycles. The Morgan fingerprint density at radius 3 is 2.95 bits per heavy atom. The van der Waals surface area contributed by atoms with Gasteiger partial charge >= 0.3 is 12.0 Å². The molecule has 1 fully saturated rings. The van der Waals surface area contributed by atoms with E-state index in [1.165, 1.54) is 17.1 Å². The Morgan fingerprint density at radius 1 is 1.60 bits per heavy atom. The van der Waals surface area contributed by atoms with Gasteiger partial charge in [-0.25, -0.2) is 4.79 Å². The molecule has 0 aromatic carbocycles. The van der Waals surface area contributed by atoms with Crippen LogP contribution in [0.25, 0.3) is 0 Å². The molecule has 8 heteroatoms. The van der Waals surface area contributed by atoms with Crippen LogP contribution in [-0.2, 0) is 11.3 Å². The molecule has 20 heavy (non-hydrogen) atoms. The van der Waals surface area contributed by atoms with Crippen molar-refractivity contribution < 1.29 is 14.7 Å². The molecule has 0 bridgehead atoms. The Kier molecular flexibility index (Phi) is 4.20. The zero-order valence-corrected chi connectivity index (χ0v) is 10.8. The minimum atomic E-state index is -1.00. The predicted molar refractivity (Wildman–Crippen MR) is 68.8 cm³/mol. The van der Waals surface area contributed by atoms with Crippen LogP contribution >= 0.6 is 0 Å². The maximum absolute atomic E-state index is 12.1. The fraction of sp³-hybridized carbons (Fsp3) is 0.500. The molecule has 0 radical (unpaired) electrons. The molecule has 0 aliphatic heterocycles. The number of urea groups is 1. The maximum atomic E-state index is 12.1. The molecule has 2 amide bonds. The average Bonchev–Trinajstić information content (AvgIpc) is 3.12. The molecule has 106 valence electrons. The number of hydrogen-bond donors (Lipinski definition) is 2. The van der Waals surface area contributed by atoms with Crippen LogP contribution in [0.2, 0.25) is 0 Å². The number of hydrogen-bond acceptors (Lipinski definition) is 4. The Labute approximate surface area is 115 Å². The highest BCUT2D eigenvalue weighted by molar-refractivity contribution is 5.89. The van der Waals surface area contributed by atoms with E-state index in [0.717, 1.165) is 12.8 Å². The summed E-state index contributed by atoms with van der Waals surface area (Å²) in [5.74, 6) is -1.00. The third kappa shape index (κ3) is 3.71. The first-order chi connectivity index (χ1) is 9.60. The van der Waals surface area contributed by atoms with Gasteiger partial charge in [0.05, 0.1) is 24.4 Å². The van der Waals surface area contributed by atoms with Crippen LogP contribution in [0.1, 0.15) is 19.3 Å². The van der Waals surface area contributed by atoms with Crippen molar-refractivity contribution in [2.24, 2.45) is 0 Å². The number of amides is 2. The molecule has 1 saturated carbocycles. The summed E-state index contributed by atoms with van der Waals surface area (Å²) in [5.41, 5.74) is 0.443. The van der Waals surface area contributed by atoms with Crippen molar-refractivity contribution in [2.45, 2.75) is 31.8 Å². The Balaban J connectivity index is 1.93. The first kappa shape index (κ1) is 13.9. The molecule has 0 spiro atoms. The highest BCUT2D eigenvalue weighted by Crippen LogP contribution is 2.27. The van der Waals surface area contributed by atoms with Gasteiger partial charge in [-0.3, -0.25) is 9.48 Å². The molecule has 8 nitrogen and oxygen atoms in total. The standard InChI is InChI=1S/C12H15N5O3/c13-4-1-5-17(10-2-3-10)12(20)15-9-6-14-16(7-9)8-11(18)19/h6-7,10H,1-3,5,8H2,(H,15,20)(H,18,19). The summed E-state index contributed by atoms with van der Waals surface area (Å²) in [7, 11) is 0. The second kappa shape index (κ2) is 6.06. The molecule has 1 heterocycles. The van der Waals surface area contributed by atoms with Crippen molar-refractivity contribution in [1.29, 1.82) is 5.26 Å². The van der Waals surface area contributed by atoms with Gasteiger partial charge in [0.25, 0.3) is 0 Å². The summed E-state index contributed by atoms with van der Waals surface area (Å²) in [6, 6.07) is 1.95. The molecule has 1 aromatic rings.